The molecule has 2 N–H and O–H groups in total. The van der Waals surface area contributed by atoms with Crippen LogP contribution in [0.15, 0.2) is 15.8 Å². The predicted octanol–water partition coefficient (Wildman–Crippen LogP) is -0.0241. The predicted molar refractivity (Wildman–Crippen MR) is 89.1 cm³/mol. The molecule has 0 spiro atoms. The highest BCUT2D eigenvalue weighted by Gasteiger charge is 2.15. The number of aromatic amines is 1. The summed E-state index contributed by atoms with van der Waals surface area (Å²) >= 11 is 0. The number of amides is 1. The Hall–Kier alpha value is -3.02. The van der Waals surface area contributed by atoms with E-state index < -0.39 is 28.9 Å². The van der Waals surface area contributed by atoms with Crippen LogP contribution in [0.3, 0.4) is 0 Å². The van der Waals surface area contributed by atoms with Crippen LogP contribution in [0.1, 0.15) is 33.3 Å². The largest absolute Gasteiger partial charge is 0.465 e. The van der Waals surface area contributed by atoms with E-state index in [1.165, 1.54) is 6.20 Å². The minimum atomic E-state index is -0.740. The minimum absolute atomic E-state index is 0.0186. The second-order valence-electron chi connectivity index (χ2n) is 5.89. The van der Waals surface area contributed by atoms with Gasteiger partial charge in [-0.3, -0.25) is 19.1 Å². The summed E-state index contributed by atoms with van der Waals surface area (Å²) in [6.45, 7) is 6.61. The molecular weight excluding hydrogens is 330 g/mol. The lowest BCUT2D eigenvalue weighted by molar-refractivity contribution is -0.143. The van der Waals surface area contributed by atoms with Gasteiger partial charge in [-0.15, -0.1) is 0 Å². The van der Waals surface area contributed by atoms with Crippen LogP contribution < -0.4 is 16.6 Å². The van der Waals surface area contributed by atoms with Crippen LogP contribution in [0.4, 0.5) is 4.79 Å². The summed E-state index contributed by atoms with van der Waals surface area (Å²) in [5, 5.41) is 2.41. The van der Waals surface area contributed by atoms with Gasteiger partial charge in [0.05, 0.1) is 13.2 Å². The van der Waals surface area contributed by atoms with Gasteiger partial charge in [-0.25, -0.2) is 9.59 Å². The highest BCUT2D eigenvalue weighted by molar-refractivity contribution is 5.69. The Kier molecular flexibility index (Phi) is 6.99. The van der Waals surface area contributed by atoms with Crippen LogP contribution in [-0.4, -0.2) is 40.4 Å². The third kappa shape index (κ3) is 7.39. The number of carbonyl (C=O) groups is 2. The van der Waals surface area contributed by atoms with Crippen LogP contribution in [0, 0.1) is 11.8 Å². The fraction of sp³-hybridized carbons (Fsp3) is 0.500. The average Bonchev–Trinajstić information content (AvgIpc) is 2.46. The molecule has 1 aromatic rings. The Morgan fingerprint density at radius 1 is 1.32 bits per heavy atom. The maximum absolute atomic E-state index is 11.7. The van der Waals surface area contributed by atoms with Crippen molar-refractivity contribution in [1.82, 2.24) is 14.9 Å². The molecule has 0 atom stereocenters. The Labute approximate surface area is 144 Å². The van der Waals surface area contributed by atoms with Gasteiger partial charge in [-0.05, 0) is 27.7 Å². The van der Waals surface area contributed by atoms with E-state index in [0.717, 1.165) is 4.57 Å². The highest BCUT2D eigenvalue weighted by Crippen LogP contribution is 2.05. The van der Waals surface area contributed by atoms with Crippen molar-refractivity contribution >= 4 is 12.1 Å². The summed E-state index contributed by atoms with van der Waals surface area (Å²) in [5.74, 6) is 4.49. The van der Waals surface area contributed by atoms with Gasteiger partial charge in [0, 0.05) is 6.20 Å². The number of esters is 1. The molecule has 0 bridgehead atoms. The van der Waals surface area contributed by atoms with Gasteiger partial charge in [-0.1, -0.05) is 11.8 Å². The first-order valence-electron chi connectivity index (χ1n) is 7.57. The van der Waals surface area contributed by atoms with Gasteiger partial charge in [0.1, 0.15) is 17.7 Å². The summed E-state index contributed by atoms with van der Waals surface area (Å²) in [6.07, 6.45) is 0.529. The van der Waals surface area contributed by atoms with Crippen molar-refractivity contribution in [2.45, 2.75) is 39.8 Å². The number of carbonyl (C=O) groups excluding carboxylic acids is 2. The van der Waals surface area contributed by atoms with Crippen LogP contribution >= 0.6 is 0 Å². The van der Waals surface area contributed by atoms with Crippen LogP contribution in [0.25, 0.3) is 0 Å². The third-order valence-electron chi connectivity index (χ3n) is 2.56. The lowest BCUT2D eigenvalue weighted by Gasteiger charge is -2.18. The molecule has 0 aliphatic heterocycles. The molecule has 0 aliphatic rings. The molecule has 1 rings (SSSR count). The molecule has 136 valence electrons. The maximum Gasteiger partial charge on any atom is 0.408 e. The second-order valence-corrected chi connectivity index (χ2v) is 5.89. The monoisotopic (exact) mass is 351 g/mol. The van der Waals surface area contributed by atoms with Gasteiger partial charge >= 0.3 is 17.8 Å². The summed E-state index contributed by atoms with van der Waals surface area (Å²) < 4.78 is 10.8. The van der Waals surface area contributed by atoms with E-state index in [4.69, 9.17) is 9.47 Å². The van der Waals surface area contributed by atoms with Crippen molar-refractivity contribution < 1.29 is 19.1 Å². The standard InChI is InChI=1S/C16H21N3O6/c1-5-24-12(20)10-19-9-11(13(21)18-14(19)22)7-6-8-17-15(23)25-16(2,3)4/h9H,5,8,10H2,1-4H3,(H,17,23)(H,18,21,22). The zero-order valence-electron chi connectivity index (χ0n) is 14.6. The number of nitrogens with zero attached hydrogens (tertiary/aromatic N) is 1. The minimum Gasteiger partial charge on any atom is -0.465 e. The van der Waals surface area contributed by atoms with Crippen LogP contribution in [0.5, 0.6) is 0 Å². The molecular formula is C16H21N3O6. The highest BCUT2D eigenvalue weighted by atomic mass is 16.6. The van der Waals surface area contributed by atoms with Gasteiger partial charge in [0.2, 0.25) is 0 Å². The first kappa shape index (κ1) is 20.0. The number of nitrogens with one attached hydrogen (secondary N) is 2. The smallest absolute Gasteiger partial charge is 0.408 e. The maximum atomic E-state index is 11.7. The van der Waals surface area contributed by atoms with E-state index in [9.17, 15) is 19.2 Å². The van der Waals surface area contributed by atoms with E-state index in [1.54, 1.807) is 27.7 Å². The summed E-state index contributed by atoms with van der Waals surface area (Å²) in [5.41, 5.74) is -2.07. The molecule has 0 saturated carbocycles. The molecule has 9 nitrogen and oxygen atoms in total. The molecule has 1 aromatic heterocycles. The van der Waals surface area contributed by atoms with Crippen molar-refractivity contribution in [3.05, 3.63) is 32.6 Å². The Morgan fingerprint density at radius 3 is 2.60 bits per heavy atom. The summed E-state index contributed by atoms with van der Waals surface area (Å²) in [7, 11) is 0. The van der Waals surface area contributed by atoms with Gasteiger partial charge < -0.3 is 14.8 Å². The van der Waals surface area contributed by atoms with Crippen LogP contribution in [0.2, 0.25) is 0 Å². The molecule has 0 aliphatic carbocycles. The van der Waals surface area contributed by atoms with Gasteiger partial charge in [-0.2, -0.15) is 0 Å². The van der Waals surface area contributed by atoms with Crippen molar-refractivity contribution in [3.8, 4) is 11.8 Å². The van der Waals surface area contributed by atoms with E-state index in [0.29, 0.717) is 0 Å². The Balaban J connectivity index is 2.80. The number of alkyl carbamates (subject to hydrolysis) is 1. The summed E-state index contributed by atoms with van der Waals surface area (Å²) in [6, 6.07) is 0. The van der Waals surface area contributed by atoms with E-state index in [1.807, 2.05) is 0 Å². The normalized spacial score (nSPS) is 10.4. The Bertz CT molecular complexity index is 804. The third-order valence-corrected chi connectivity index (χ3v) is 2.56. The molecule has 0 saturated heterocycles. The van der Waals surface area contributed by atoms with E-state index in [-0.39, 0.29) is 25.3 Å². The molecule has 0 fully saturated rings. The lowest BCUT2D eigenvalue weighted by atomic mass is 10.2. The quantitative estimate of drug-likeness (QED) is 0.581. The first-order chi connectivity index (χ1) is 11.6. The van der Waals surface area contributed by atoms with Gasteiger partial charge in [0.25, 0.3) is 5.56 Å². The number of hydrogen-bond acceptors (Lipinski definition) is 6. The zero-order valence-corrected chi connectivity index (χ0v) is 14.6. The number of aromatic nitrogens is 2. The molecule has 1 heterocycles. The molecule has 1 amide bonds. The lowest BCUT2D eigenvalue weighted by Crippen LogP contribution is -2.33. The Morgan fingerprint density at radius 2 is 2.00 bits per heavy atom. The zero-order chi connectivity index (χ0) is 19.0. The average molecular weight is 351 g/mol. The number of ether oxygens (including phenoxy) is 2. The number of rotatable bonds is 4. The second kappa shape index (κ2) is 8.73. The summed E-state index contributed by atoms with van der Waals surface area (Å²) in [4.78, 5) is 48.3. The molecule has 0 radical (unpaired) electrons. The molecule has 9 heteroatoms. The topological polar surface area (TPSA) is 119 Å². The molecule has 25 heavy (non-hydrogen) atoms. The number of hydrogen-bond donors (Lipinski definition) is 2. The molecule has 0 aromatic carbocycles. The fourth-order valence-corrected chi connectivity index (χ4v) is 1.63. The first-order valence-corrected chi connectivity index (χ1v) is 7.57. The van der Waals surface area contributed by atoms with E-state index >= 15 is 0 Å². The van der Waals surface area contributed by atoms with Crippen LogP contribution in [-0.2, 0) is 20.8 Å². The fourth-order valence-electron chi connectivity index (χ4n) is 1.63. The van der Waals surface area contributed by atoms with Crippen molar-refractivity contribution in [1.29, 1.82) is 0 Å². The number of H-pyrrole nitrogens is 1. The molecule has 0 unspecified atom stereocenters. The van der Waals surface area contributed by atoms with Crippen molar-refractivity contribution in [3.63, 3.8) is 0 Å². The SMILES string of the molecule is CCOC(=O)Cn1cc(C#CCNC(=O)OC(C)(C)C)c(=O)[nH]c1=O. The van der Waals surface area contributed by atoms with Crippen molar-refractivity contribution in [2.24, 2.45) is 0 Å². The van der Waals surface area contributed by atoms with Gasteiger partial charge in [0.15, 0.2) is 0 Å². The van der Waals surface area contributed by atoms with E-state index in [2.05, 4.69) is 22.1 Å². The van der Waals surface area contributed by atoms with Crippen molar-refractivity contribution in [2.75, 3.05) is 13.2 Å².